The SMILES string of the molecule is O=C(O)CCC[C@@H](NS(=O)(=O)NC1CC1)C(=O)O. The van der Waals surface area contributed by atoms with Gasteiger partial charge in [-0.2, -0.15) is 17.9 Å². The Morgan fingerprint density at radius 2 is 1.89 bits per heavy atom. The molecule has 1 saturated carbocycles. The van der Waals surface area contributed by atoms with E-state index < -0.39 is 28.2 Å². The summed E-state index contributed by atoms with van der Waals surface area (Å²) >= 11 is 0. The fourth-order valence-corrected chi connectivity index (χ4v) is 2.67. The Morgan fingerprint density at radius 3 is 2.33 bits per heavy atom. The molecule has 18 heavy (non-hydrogen) atoms. The van der Waals surface area contributed by atoms with E-state index in [0.717, 1.165) is 12.8 Å². The molecule has 1 fully saturated rings. The summed E-state index contributed by atoms with van der Waals surface area (Å²) in [5.74, 6) is -2.36. The van der Waals surface area contributed by atoms with Gasteiger partial charge in [0.05, 0.1) is 0 Å². The van der Waals surface area contributed by atoms with Crippen LogP contribution in [0.3, 0.4) is 0 Å². The Bertz CT molecular complexity index is 417. The molecule has 9 heteroatoms. The number of carboxylic acids is 2. The number of carbonyl (C=O) groups is 2. The van der Waals surface area contributed by atoms with Crippen molar-refractivity contribution in [3.05, 3.63) is 0 Å². The first kappa shape index (κ1) is 14.9. The molecule has 0 heterocycles. The molecule has 104 valence electrons. The normalized spacial score (nSPS) is 17.3. The Labute approximate surface area is 105 Å². The molecule has 8 nitrogen and oxygen atoms in total. The largest absolute Gasteiger partial charge is 0.481 e. The summed E-state index contributed by atoms with van der Waals surface area (Å²) in [7, 11) is -3.84. The lowest BCUT2D eigenvalue weighted by Crippen LogP contribution is -2.47. The molecule has 1 aliphatic carbocycles. The van der Waals surface area contributed by atoms with Crippen LogP contribution >= 0.6 is 0 Å². The summed E-state index contributed by atoms with van der Waals surface area (Å²) in [6.45, 7) is 0. The second kappa shape index (κ2) is 6.12. The molecule has 0 aromatic rings. The summed E-state index contributed by atoms with van der Waals surface area (Å²) in [6.07, 6.45) is 1.34. The van der Waals surface area contributed by atoms with Crippen LogP contribution in [0.15, 0.2) is 0 Å². The number of carboxylic acid groups (broad SMARTS) is 2. The molecule has 1 rings (SSSR count). The van der Waals surface area contributed by atoms with Gasteiger partial charge in [0.2, 0.25) is 0 Å². The number of rotatable bonds is 9. The molecule has 0 saturated heterocycles. The second-order valence-electron chi connectivity index (χ2n) is 4.19. The summed E-state index contributed by atoms with van der Waals surface area (Å²) < 4.78 is 27.3. The lowest BCUT2D eigenvalue weighted by molar-refractivity contribution is -0.140. The van der Waals surface area contributed by atoms with Gasteiger partial charge in [-0.15, -0.1) is 0 Å². The highest BCUT2D eigenvalue weighted by atomic mass is 32.2. The summed E-state index contributed by atoms with van der Waals surface area (Å²) in [5.41, 5.74) is 0. The van der Waals surface area contributed by atoms with E-state index in [0.29, 0.717) is 0 Å². The molecule has 1 atom stereocenters. The van der Waals surface area contributed by atoms with Gasteiger partial charge in [0.15, 0.2) is 0 Å². The summed E-state index contributed by atoms with van der Waals surface area (Å²) in [4.78, 5) is 21.1. The van der Waals surface area contributed by atoms with Crippen LogP contribution in [0.1, 0.15) is 32.1 Å². The molecule has 1 aliphatic rings. The zero-order valence-electron chi connectivity index (χ0n) is 9.63. The smallest absolute Gasteiger partial charge is 0.321 e. The van der Waals surface area contributed by atoms with Crippen LogP contribution in [0.2, 0.25) is 0 Å². The van der Waals surface area contributed by atoms with E-state index in [-0.39, 0.29) is 25.3 Å². The molecule has 0 bridgehead atoms. The van der Waals surface area contributed by atoms with E-state index in [1.54, 1.807) is 0 Å². The number of hydrogen-bond acceptors (Lipinski definition) is 4. The van der Waals surface area contributed by atoms with E-state index in [2.05, 4.69) is 4.72 Å². The maximum absolute atomic E-state index is 11.5. The maximum Gasteiger partial charge on any atom is 0.321 e. The van der Waals surface area contributed by atoms with Crippen molar-refractivity contribution in [2.24, 2.45) is 0 Å². The summed E-state index contributed by atoms with van der Waals surface area (Å²) in [5, 5.41) is 17.3. The molecule has 0 aromatic carbocycles. The van der Waals surface area contributed by atoms with Crippen molar-refractivity contribution in [1.29, 1.82) is 0 Å². The van der Waals surface area contributed by atoms with Crippen LogP contribution in [0.25, 0.3) is 0 Å². The second-order valence-corrected chi connectivity index (χ2v) is 5.67. The molecule has 0 aromatic heterocycles. The lowest BCUT2D eigenvalue weighted by atomic mass is 10.1. The first-order valence-electron chi connectivity index (χ1n) is 5.54. The van der Waals surface area contributed by atoms with Crippen molar-refractivity contribution >= 4 is 22.1 Å². The predicted octanol–water partition coefficient (Wildman–Crippen LogP) is -0.719. The van der Waals surface area contributed by atoms with Crippen LogP contribution in [0, 0.1) is 0 Å². The Kier molecular flexibility index (Phi) is 5.05. The fourth-order valence-electron chi connectivity index (χ4n) is 1.33. The van der Waals surface area contributed by atoms with Gasteiger partial charge in [0.1, 0.15) is 6.04 Å². The molecule has 4 N–H and O–H groups in total. The number of aliphatic carboxylic acids is 2. The van der Waals surface area contributed by atoms with Crippen molar-refractivity contribution in [3.63, 3.8) is 0 Å². The average Bonchev–Trinajstić information content (AvgIpc) is 2.98. The Balaban J connectivity index is 2.45. The highest BCUT2D eigenvalue weighted by molar-refractivity contribution is 7.87. The van der Waals surface area contributed by atoms with Crippen LogP contribution in [-0.4, -0.2) is 42.7 Å². The van der Waals surface area contributed by atoms with Gasteiger partial charge in [-0.05, 0) is 25.7 Å². The van der Waals surface area contributed by atoms with Crippen LogP contribution in [-0.2, 0) is 19.8 Å². The first-order chi connectivity index (χ1) is 8.30. The molecule has 0 aliphatic heterocycles. The molecular weight excluding hydrogens is 264 g/mol. The third-order valence-corrected chi connectivity index (χ3v) is 3.62. The summed E-state index contributed by atoms with van der Waals surface area (Å²) in [6, 6.07) is -1.42. The van der Waals surface area contributed by atoms with Crippen molar-refractivity contribution in [2.75, 3.05) is 0 Å². The molecule has 0 amide bonds. The van der Waals surface area contributed by atoms with E-state index in [1.165, 1.54) is 0 Å². The van der Waals surface area contributed by atoms with E-state index in [9.17, 15) is 18.0 Å². The Morgan fingerprint density at radius 1 is 1.28 bits per heavy atom. The standard InChI is InChI=1S/C9H16N2O6S/c12-8(13)3-1-2-7(9(14)15)11-18(16,17)10-6-4-5-6/h6-7,10-11H,1-5H2,(H,12,13)(H,14,15)/t7-/m1/s1. The number of hydrogen-bond donors (Lipinski definition) is 4. The van der Waals surface area contributed by atoms with Crippen LogP contribution in [0.4, 0.5) is 0 Å². The highest BCUT2D eigenvalue weighted by Crippen LogP contribution is 2.19. The van der Waals surface area contributed by atoms with E-state index in [4.69, 9.17) is 10.2 Å². The van der Waals surface area contributed by atoms with Gasteiger partial charge in [-0.3, -0.25) is 9.59 Å². The zero-order valence-corrected chi connectivity index (χ0v) is 10.4. The quantitative estimate of drug-likeness (QED) is 0.440. The minimum atomic E-state index is -3.84. The van der Waals surface area contributed by atoms with Crippen molar-refractivity contribution in [3.8, 4) is 0 Å². The minimum absolute atomic E-state index is 0.0623. The molecule has 0 spiro atoms. The van der Waals surface area contributed by atoms with Crippen LogP contribution < -0.4 is 9.44 Å². The van der Waals surface area contributed by atoms with Gasteiger partial charge in [-0.1, -0.05) is 0 Å². The first-order valence-corrected chi connectivity index (χ1v) is 7.02. The predicted molar refractivity (Wildman–Crippen MR) is 61.1 cm³/mol. The topological polar surface area (TPSA) is 133 Å². The van der Waals surface area contributed by atoms with Crippen molar-refractivity contribution in [2.45, 2.75) is 44.2 Å². The van der Waals surface area contributed by atoms with E-state index >= 15 is 0 Å². The molecule has 0 radical (unpaired) electrons. The monoisotopic (exact) mass is 280 g/mol. The van der Waals surface area contributed by atoms with Gasteiger partial charge in [-0.25, -0.2) is 0 Å². The van der Waals surface area contributed by atoms with E-state index in [1.807, 2.05) is 4.72 Å². The van der Waals surface area contributed by atoms with Crippen LogP contribution in [0.5, 0.6) is 0 Å². The number of nitrogens with one attached hydrogen (secondary N) is 2. The van der Waals surface area contributed by atoms with Gasteiger partial charge < -0.3 is 10.2 Å². The molecular formula is C9H16N2O6S. The van der Waals surface area contributed by atoms with Gasteiger partial charge in [0, 0.05) is 12.5 Å². The third-order valence-electron chi connectivity index (χ3n) is 2.38. The minimum Gasteiger partial charge on any atom is -0.481 e. The van der Waals surface area contributed by atoms with Crippen molar-refractivity contribution < 1.29 is 28.2 Å². The zero-order chi connectivity index (χ0) is 13.8. The third kappa shape index (κ3) is 5.94. The molecule has 0 unspecified atom stereocenters. The Hall–Kier alpha value is -1.19. The average molecular weight is 280 g/mol. The lowest BCUT2D eigenvalue weighted by Gasteiger charge is -2.14. The fraction of sp³-hybridized carbons (Fsp3) is 0.778. The van der Waals surface area contributed by atoms with Crippen molar-refractivity contribution in [1.82, 2.24) is 9.44 Å². The highest BCUT2D eigenvalue weighted by Gasteiger charge is 2.30. The van der Waals surface area contributed by atoms with Gasteiger partial charge >= 0.3 is 11.9 Å². The van der Waals surface area contributed by atoms with Gasteiger partial charge in [0.25, 0.3) is 10.2 Å². The maximum atomic E-state index is 11.5.